The van der Waals surface area contributed by atoms with Crippen molar-refractivity contribution < 1.29 is 9.90 Å². The van der Waals surface area contributed by atoms with Crippen molar-refractivity contribution >= 4 is 22.4 Å². The van der Waals surface area contributed by atoms with E-state index in [1.54, 1.807) is 24.5 Å². The van der Waals surface area contributed by atoms with Crippen molar-refractivity contribution in [2.24, 2.45) is 0 Å². The zero-order valence-electron chi connectivity index (χ0n) is 10.6. The van der Waals surface area contributed by atoms with Crippen LogP contribution < -0.4 is 5.32 Å². The third-order valence-corrected chi connectivity index (χ3v) is 3.04. The van der Waals surface area contributed by atoms with Gasteiger partial charge < -0.3 is 10.4 Å². The van der Waals surface area contributed by atoms with Crippen LogP contribution in [0.3, 0.4) is 0 Å². The van der Waals surface area contributed by atoms with Crippen LogP contribution in [0.25, 0.3) is 10.8 Å². The van der Waals surface area contributed by atoms with Gasteiger partial charge in [0.1, 0.15) is 5.75 Å². The molecule has 0 aliphatic heterocycles. The summed E-state index contributed by atoms with van der Waals surface area (Å²) in [6, 6.07) is 13.7. The highest BCUT2D eigenvalue weighted by Gasteiger charge is 2.08. The molecule has 4 nitrogen and oxygen atoms in total. The number of carbonyl (C=O) groups is 1. The third kappa shape index (κ3) is 2.31. The maximum Gasteiger partial charge on any atom is 0.255 e. The quantitative estimate of drug-likeness (QED) is 0.747. The Morgan fingerprint density at radius 2 is 1.95 bits per heavy atom. The number of phenols is 1. The number of carbonyl (C=O) groups excluding carboxylic acids is 1. The Bertz CT molecular complexity index is 779. The van der Waals surface area contributed by atoms with E-state index < -0.39 is 0 Å². The first-order valence-corrected chi connectivity index (χ1v) is 6.17. The molecule has 98 valence electrons. The molecular weight excluding hydrogens is 252 g/mol. The normalized spacial score (nSPS) is 10.4. The molecule has 0 saturated heterocycles. The van der Waals surface area contributed by atoms with Crippen molar-refractivity contribution in [3.63, 3.8) is 0 Å². The van der Waals surface area contributed by atoms with E-state index in [1.165, 1.54) is 12.1 Å². The summed E-state index contributed by atoms with van der Waals surface area (Å²) in [5.74, 6) is -0.190. The number of aromatic nitrogens is 1. The highest BCUT2D eigenvalue weighted by Crippen LogP contribution is 2.23. The minimum Gasteiger partial charge on any atom is -0.508 e. The van der Waals surface area contributed by atoms with Crippen LogP contribution in [0.15, 0.2) is 60.9 Å². The lowest BCUT2D eigenvalue weighted by molar-refractivity contribution is 0.102. The molecule has 0 bridgehead atoms. The molecule has 0 aliphatic rings. The van der Waals surface area contributed by atoms with Gasteiger partial charge in [0.25, 0.3) is 5.91 Å². The number of nitrogens with zero attached hydrogens (tertiary/aromatic N) is 1. The summed E-state index contributed by atoms with van der Waals surface area (Å²) in [6.07, 6.45) is 3.44. The van der Waals surface area contributed by atoms with Crippen LogP contribution in [0.5, 0.6) is 5.75 Å². The van der Waals surface area contributed by atoms with E-state index in [1.807, 2.05) is 24.3 Å². The number of phenolic OH excluding ortho intramolecular Hbond substituents is 1. The summed E-state index contributed by atoms with van der Waals surface area (Å²) in [7, 11) is 0. The van der Waals surface area contributed by atoms with Crippen molar-refractivity contribution in [3.8, 4) is 5.75 Å². The molecule has 0 unspecified atom stereocenters. The lowest BCUT2D eigenvalue weighted by atomic mass is 10.1. The van der Waals surface area contributed by atoms with Crippen LogP contribution in [-0.4, -0.2) is 16.0 Å². The predicted molar refractivity (Wildman–Crippen MR) is 77.8 cm³/mol. The Balaban J connectivity index is 1.95. The van der Waals surface area contributed by atoms with Crippen LogP contribution in [0.2, 0.25) is 0 Å². The largest absolute Gasteiger partial charge is 0.508 e. The van der Waals surface area contributed by atoms with Crippen molar-refractivity contribution in [2.45, 2.75) is 0 Å². The molecule has 1 heterocycles. The predicted octanol–water partition coefficient (Wildman–Crippen LogP) is 3.19. The molecule has 1 amide bonds. The van der Waals surface area contributed by atoms with Crippen molar-refractivity contribution in [3.05, 3.63) is 66.5 Å². The fourth-order valence-electron chi connectivity index (χ4n) is 2.07. The Morgan fingerprint density at radius 1 is 1.10 bits per heavy atom. The summed E-state index contributed by atoms with van der Waals surface area (Å²) in [6.45, 7) is 0. The number of nitrogens with one attached hydrogen (secondary N) is 1. The van der Waals surface area contributed by atoms with Gasteiger partial charge >= 0.3 is 0 Å². The molecule has 0 atom stereocenters. The molecule has 3 aromatic rings. The van der Waals surface area contributed by atoms with Crippen LogP contribution in [0.4, 0.5) is 5.69 Å². The van der Waals surface area contributed by atoms with Crippen LogP contribution in [0.1, 0.15) is 10.4 Å². The van der Waals surface area contributed by atoms with Gasteiger partial charge in [-0.25, -0.2) is 0 Å². The second-order valence-electron chi connectivity index (χ2n) is 4.41. The molecule has 4 heteroatoms. The number of aromatic hydroxyl groups is 1. The zero-order chi connectivity index (χ0) is 13.9. The standard InChI is InChI=1S/C16H12N2O2/c19-13-5-1-3-11(9-13)16(20)18-15-6-2-4-12-10-17-8-7-14(12)15/h1-10,19H,(H,18,20). The third-order valence-electron chi connectivity index (χ3n) is 3.04. The van der Waals surface area contributed by atoms with Crippen molar-refractivity contribution in [1.29, 1.82) is 0 Å². The first-order chi connectivity index (χ1) is 9.74. The number of anilines is 1. The van der Waals surface area contributed by atoms with Gasteiger partial charge in [-0.3, -0.25) is 9.78 Å². The van der Waals surface area contributed by atoms with Gasteiger partial charge in [0.05, 0.1) is 0 Å². The summed E-state index contributed by atoms with van der Waals surface area (Å²) in [5.41, 5.74) is 1.13. The Kier molecular flexibility index (Phi) is 3.05. The maximum atomic E-state index is 12.2. The van der Waals surface area contributed by atoms with E-state index in [0.29, 0.717) is 5.56 Å². The molecule has 20 heavy (non-hydrogen) atoms. The summed E-state index contributed by atoms with van der Waals surface area (Å²) in [4.78, 5) is 16.2. The Morgan fingerprint density at radius 3 is 2.80 bits per heavy atom. The molecule has 0 aliphatic carbocycles. The lowest BCUT2D eigenvalue weighted by Crippen LogP contribution is -2.11. The molecule has 0 fully saturated rings. The van der Waals surface area contributed by atoms with Gasteiger partial charge in [-0.05, 0) is 30.3 Å². The molecule has 1 aromatic heterocycles. The highest BCUT2D eigenvalue weighted by atomic mass is 16.3. The van der Waals surface area contributed by atoms with E-state index in [0.717, 1.165) is 16.5 Å². The first-order valence-electron chi connectivity index (χ1n) is 6.17. The fourth-order valence-corrected chi connectivity index (χ4v) is 2.07. The van der Waals surface area contributed by atoms with Gasteiger partial charge in [-0.2, -0.15) is 0 Å². The number of pyridine rings is 1. The van der Waals surface area contributed by atoms with Crippen LogP contribution in [0, 0.1) is 0 Å². The molecule has 0 spiro atoms. The van der Waals surface area contributed by atoms with Crippen LogP contribution >= 0.6 is 0 Å². The van der Waals surface area contributed by atoms with Gasteiger partial charge in [0.2, 0.25) is 0 Å². The average molecular weight is 264 g/mol. The molecule has 2 N–H and O–H groups in total. The smallest absolute Gasteiger partial charge is 0.255 e. The van der Waals surface area contributed by atoms with E-state index in [-0.39, 0.29) is 11.7 Å². The van der Waals surface area contributed by atoms with Gasteiger partial charge in [0.15, 0.2) is 0 Å². The first kappa shape index (κ1) is 12.2. The monoisotopic (exact) mass is 264 g/mol. The molecule has 3 rings (SSSR count). The molecule has 2 aromatic carbocycles. The summed E-state index contributed by atoms with van der Waals surface area (Å²) >= 11 is 0. The van der Waals surface area contributed by atoms with Gasteiger partial charge in [-0.1, -0.05) is 18.2 Å². The lowest BCUT2D eigenvalue weighted by Gasteiger charge is -2.08. The number of benzene rings is 2. The molecule has 0 saturated carbocycles. The average Bonchev–Trinajstić information content (AvgIpc) is 2.47. The Hall–Kier alpha value is -2.88. The van der Waals surface area contributed by atoms with Crippen molar-refractivity contribution in [2.75, 3.05) is 5.32 Å². The number of hydrogen-bond donors (Lipinski definition) is 2. The Labute approximate surface area is 115 Å². The molecular formula is C16H12N2O2. The second-order valence-corrected chi connectivity index (χ2v) is 4.41. The molecule has 0 radical (unpaired) electrons. The van der Waals surface area contributed by atoms with E-state index in [4.69, 9.17) is 0 Å². The van der Waals surface area contributed by atoms with Crippen LogP contribution in [-0.2, 0) is 0 Å². The summed E-state index contributed by atoms with van der Waals surface area (Å²) < 4.78 is 0. The zero-order valence-corrected chi connectivity index (χ0v) is 10.6. The van der Waals surface area contributed by atoms with Gasteiger partial charge in [0, 0.05) is 34.4 Å². The minimum absolute atomic E-state index is 0.0692. The van der Waals surface area contributed by atoms with E-state index >= 15 is 0 Å². The second kappa shape index (κ2) is 5.01. The van der Waals surface area contributed by atoms with Crippen molar-refractivity contribution in [1.82, 2.24) is 4.98 Å². The summed E-state index contributed by atoms with van der Waals surface area (Å²) in [5, 5.41) is 14.1. The number of fused-ring (bicyclic) bond motifs is 1. The number of amides is 1. The van der Waals surface area contributed by atoms with E-state index in [9.17, 15) is 9.90 Å². The highest BCUT2D eigenvalue weighted by molar-refractivity contribution is 6.09. The topological polar surface area (TPSA) is 62.2 Å². The van der Waals surface area contributed by atoms with Gasteiger partial charge in [-0.15, -0.1) is 0 Å². The fraction of sp³-hybridized carbons (Fsp3) is 0. The number of hydrogen-bond acceptors (Lipinski definition) is 3. The SMILES string of the molecule is O=C(Nc1cccc2cnccc12)c1cccc(O)c1. The number of rotatable bonds is 2. The van der Waals surface area contributed by atoms with E-state index in [2.05, 4.69) is 10.3 Å². The maximum absolute atomic E-state index is 12.2. The minimum atomic E-state index is -0.259.